The molecule has 2 heteroatoms. The van der Waals surface area contributed by atoms with Gasteiger partial charge in [0.25, 0.3) is 0 Å². The van der Waals surface area contributed by atoms with Crippen molar-refractivity contribution in [2.75, 3.05) is 6.54 Å². The van der Waals surface area contributed by atoms with Crippen LogP contribution in [0.5, 0.6) is 0 Å². The second kappa shape index (κ2) is 6.75. The van der Waals surface area contributed by atoms with Crippen molar-refractivity contribution >= 4 is 0 Å². The second-order valence-corrected chi connectivity index (χ2v) is 5.25. The molecule has 1 aliphatic carbocycles. The minimum Gasteiger partial charge on any atom is -0.310 e. The van der Waals surface area contributed by atoms with E-state index in [0.29, 0.717) is 6.04 Å². The predicted molar refractivity (Wildman–Crippen MR) is 71.8 cm³/mol. The topological polar surface area (TPSA) is 24.9 Å². The number of nitrogens with one attached hydrogen (secondary N) is 1. The molecular weight excluding hydrogens is 208 g/mol. The minimum atomic E-state index is 0.446. The molecule has 1 heterocycles. The smallest absolute Gasteiger partial charge is 0.0292 e. The first-order valence-electron chi connectivity index (χ1n) is 6.99. The van der Waals surface area contributed by atoms with E-state index in [1.807, 2.05) is 12.4 Å². The maximum Gasteiger partial charge on any atom is 0.0292 e. The Bertz CT molecular complexity index is 304. The van der Waals surface area contributed by atoms with E-state index in [2.05, 4.69) is 29.4 Å². The van der Waals surface area contributed by atoms with Gasteiger partial charge in [-0.15, -0.1) is 0 Å². The lowest BCUT2D eigenvalue weighted by atomic mass is 9.87. The van der Waals surface area contributed by atoms with Crippen LogP contribution in [0.15, 0.2) is 24.5 Å². The van der Waals surface area contributed by atoms with Crippen LogP contribution in [0, 0.1) is 5.92 Å². The fraction of sp³-hybridized carbons (Fsp3) is 0.667. The maximum absolute atomic E-state index is 4.05. The summed E-state index contributed by atoms with van der Waals surface area (Å²) in [5, 5.41) is 3.62. The Hall–Kier alpha value is -0.890. The molecule has 1 atom stereocenters. The molecule has 0 amide bonds. The van der Waals surface area contributed by atoms with E-state index in [1.165, 1.54) is 44.1 Å². The van der Waals surface area contributed by atoms with Gasteiger partial charge in [0.15, 0.2) is 0 Å². The van der Waals surface area contributed by atoms with Gasteiger partial charge in [0.05, 0.1) is 0 Å². The summed E-state index contributed by atoms with van der Waals surface area (Å²) >= 11 is 0. The average molecular weight is 232 g/mol. The van der Waals surface area contributed by atoms with Crippen LogP contribution in [-0.4, -0.2) is 11.5 Å². The third kappa shape index (κ3) is 4.12. The molecule has 0 unspecified atom stereocenters. The summed E-state index contributed by atoms with van der Waals surface area (Å²) in [7, 11) is 0. The van der Waals surface area contributed by atoms with Crippen molar-refractivity contribution in [3.8, 4) is 0 Å². The molecule has 1 fully saturated rings. The van der Waals surface area contributed by atoms with Gasteiger partial charge >= 0.3 is 0 Å². The lowest BCUT2D eigenvalue weighted by molar-refractivity contribution is 0.329. The molecule has 0 aromatic carbocycles. The van der Waals surface area contributed by atoms with Gasteiger partial charge in [-0.2, -0.15) is 0 Å². The highest BCUT2D eigenvalue weighted by Gasteiger charge is 2.13. The van der Waals surface area contributed by atoms with Gasteiger partial charge in [0.2, 0.25) is 0 Å². The van der Waals surface area contributed by atoms with Gasteiger partial charge in [-0.25, -0.2) is 0 Å². The van der Waals surface area contributed by atoms with Gasteiger partial charge in [-0.1, -0.05) is 32.1 Å². The monoisotopic (exact) mass is 232 g/mol. The fourth-order valence-electron chi connectivity index (χ4n) is 2.75. The molecule has 0 spiro atoms. The van der Waals surface area contributed by atoms with Gasteiger partial charge in [0, 0.05) is 18.4 Å². The first-order valence-corrected chi connectivity index (χ1v) is 6.99. The van der Waals surface area contributed by atoms with Gasteiger partial charge in [-0.05, 0) is 43.5 Å². The quantitative estimate of drug-likeness (QED) is 0.837. The average Bonchev–Trinajstić information content (AvgIpc) is 2.41. The standard InChI is InChI=1S/C15H24N2/c1-13(15-8-10-16-11-9-15)17-12-7-14-5-3-2-4-6-14/h8-11,13-14,17H,2-7,12H2,1H3/t13-/m1/s1. The van der Waals surface area contributed by atoms with Crippen molar-refractivity contribution in [2.24, 2.45) is 5.92 Å². The molecule has 94 valence electrons. The largest absolute Gasteiger partial charge is 0.310 e. The summed E-state index contributed by atoms with van der Waals surface area (Å²) in [5.74, 6) is 0.973. The van der Waals surface area contributed by atoms with E-state index in [-0.39, 0.29) is 0 Å². The number of pyridine rings is 1. The summed E-state index contributed by atoms with van der Waals surface area (Å²) in [4.78, 5) is 4.05. The van der Waals surface area contributed by atoms with Crippen molar-refractivity contribution in [2.45, 2.75) is 51.5 Å². The normalized spacial score (nSPS) is 19.1. The molecule has 1 N–H and O–H groups in total. The van der Waals surface area contributed by atoms with Crippen LogP contribution in [0.2, 0.25) is 0 Å². The number of hydrogen-bond acceptors (Lipinski definition) is 2. The lowest BCUT2D eigenvalue weighted by Crippen LogP contribution is -2.22. The highest BCUT2D eigenvalue weighted by Crippen LogP contribution is 2.26. The lowest BCUT2D eigenvalue weighted by Gasteiger charge is -2.22. The van der Waals surface area contributed by atoms with Crippen molar-refractivity contribution in [3.63, 3.8) is 0 Å². The summed E-state index contributed by atoms with van der Waals surface area (Å²) in [6, 6.07) is 4.64. The molecule has 0 saturated heterocycles. The maximum atomic E-state index is 4.05. The molecule has 17 heavy (non-hydrogen) atoms. The number of aromatic nitrogens is 1. The zero-order valence-electron chi connectivity index (χ0n) is 10.9. The fourth-order valence-corrected chi connectivity index (χ4v) is 2.75. The van der Waals surface area contributed by atoms with E-state index in [0.717, 1.165) is 12.5 Å². The first kappa shape index (κ1) is 12.6. The highest BCUT2D eigenvalue weighted by atomic mass is 14.9. The molecule has 2 nitrogen and oxygen atoms in total. The number of hydrogen-bond donors (Lipinski definition) is 1. The zero-order valence-corrected chi connectivity index (χ0v) is 10.9. The summed E-state index contributed by atoms with van der Waals surface area (Å²) in [6.07, 6.45) is 12.3. The van der Waals surface area contributed by atoms with Crippen molar-refractivity contribution in [1.29, 1.82) is 0 Å². The Balaban J connectivity index is 1.67. The van der Waals surface area contributed by atoms with Crippen molar-refractivity contribution < 1.29 is 0 Å². The summed E-state index contributed by atoms with van der Waals surface area (Å²) in [6.45, 7) is 3.38. The van der Waals surface area contributed by atoms with Gasteiger partial charge in [0.1, 0.15) is 0 Å². The third-order valence-corrected chi connectivity index (χ3v) is 3.93. The Kier molecular flexibility index (Phi) is 4.99. The number of nitrogens with zero attached hydrogens (tertiary/aromatic N) is 1. The van der Waals surface area contributed by atoms with Crippen LogP contribution >= 0.6 is 0 Å². The molecule has 1 aliphatic rings. The molecule has 2 rings (SSSR count). The SMILES string of the molecule is C[C@@H](NCCC1CCCCC1)c1ccncc1. The molecule has 0 radical (unpaired) electrons. The molecule has 0 bridgehead atoms. The Morgan fingerprint density at radius 2 is 1.94 bits per heavy atom. The summed E-state index contributed by atoms with van der Waals surface area (Å²) < 4.78 is 0. The molecule has 0 aliphatic heterocycles. The molecule has 1 saturated carbocycles. The van der Waals surface area contributed by atoms with Crippen molar-refractivity contribution in [1.82, 2.24) is 10.3 Å². The van der Waals surface area contributed by atoms with E-state index in [1.54, 1.807) is 0 Å². The van der Waals surface area contributed by atoms with E-state index < -0.39 is 0 Å². The van der Waals surface area contributed by atoms with Crippen LogP contribution in [0.4, 0.5) is 0 Å². The Morgan fingerprint density at radius 3 is 2.65 bits per heavy atom. The third-order valence-electron chi connectivity index (χ3n) is 3.93. The molecule has 1 aromatic heterocycles. The Morgan fingerprint density at radius 1 is 1.24 bits per heavy atom. The molecule has 1 aromatic rings. The summed E-state index contributed by atoms with van der Waals surface area (Å²) in [5.41, 5.74) is 1.34. The van der Waals surface area contributed by atoms with E-state index >= 15 is 0 Å². The molecular formula is C15H24N2. The Labute approximate surface area is 105 Å². The number of rotatable bonds is 5. The van der Waals surface area contributed by atoms with Crippen LogP contribution in [-0.2, 0) is 0 Å². The van der Waals surface area contributed by atoms with Crippen LogP contribution in [0.1, 0.15) is 57.1 Å². The van der Waals surface area contributed by atoms with Gasteiger partial charge in [-0.3, -0.25) is 4.98 Å². The van der Waals surface area contributed by atoms with Crippen LogP contribution in [0.25, 0.3) is 0 Å². The second-order valence-electron chi connectivity index (χ2n) is 5.25. The zero-order chi connectivity index (χ0) is 11.9. The van der Waals surface area contributed by atoms with Crippen LogP contribution in [0.3, 0.4) is 0 Å². The van der Waals surface area contributed by atoms with Crippen molar-refractivity contribution in [3.05, 3.63) is 30.1 Å². The van der Waals surface area contributed by atoms with Gasteiger partial charge < -0.3 is 5.32 Å². The van der Waals surface area contributed by atoms with Crippen LogP contribution < -0.4 is 5.32 Å². The van der Waals surface area contributed by atoms with E-state index in [4.69, 9.17) is 0 Å². The first-order chi connectivity index (χ1) is 8.36. The van der Waals surface area contributed by atoms with E-state index in [9.17, 15) is 0 Å². The predicted octanol–water partition coefficient (Wildman–Crippen LogP) is 3.70. The minimum absolute atomic E-state index is 0.446. The highest BCUT2D eigenvalue weighted by molar-refractivity contribution is 5.13.